The van der Waals surface area contributed by atoms with Crippen LogP contribution in [0.4, 0.5) is 4.39 Å². The molecule has 3 heteroatoms. The van der Waals surface area contributed by atoms with E-state index in [1.165, 1.54) is 11.6 Å². The highest BCUT2D eigenvalue weighted by Crippen LogP contribution is 2.28. The van der Waals surface area contributed by atoms with Crippen LogP contribution >= 0.6 is 11.6 Å². The predicted octanol–water partition coefficient (Wildman–Crippen LogP) is 4.76. The Morgan fingerprint density at radius 1 is 1.10 bits per heavy atom. The minimum atomic E-state index is -0.998. The molecule has 0 saturated heterocycles. The van der Waals surface area contributed by atoms with Crippen molar-refractivity contribution in [3.05, 3.63) is 70.0 Å². The van der Waals surface area contributed by atoms with Gasteiger partial charge in [-0.1, -0.05) is 61.8 Å². The summed E-state index contributed by atoms with van der Waals surface area (Å²) in [6, 6.07) is 12.3. The Bertz CT molecular complexity index is 578. The summed E-state index contributed by atoms with van der Waals surface area (Å²) in [5.74, 6) is 0.0177. The van der Waals surface area contributed by atoms with E-state index in [1.54, 1.807) is 12.1 Å². The zero-order valence-electron chi connectivity index (χ0n) is 11.6. The first-order valence-electron chi connectivity index (χ1n) is 6.70. The highest BCUT2D eigenvalue weighted by molar-refractivity contribution is 6.30. The molecule has 0 heterocycles. The Morgan fingerprint density at radius 3 is 2.35 bits per heavy atom. The van der Waals surface area contributed by atoms with Crippen LogP contribution in [0.1, 0.15) is 36.6 Å². The maximum absolute atomic E-state index is 13.9. The van der Waals surface area contributed by atoms with Crippen molar-refractivity contribution in [2.75, 3.05) is 0 Å². The molecule has 0 spiro atoms. The van der Waals surface area contributed by atoms with Gasteiger partial charge in [0.2, 0.25) is 0 Å². The van der Waals surface area contributed by atoms with Gasteiger partial charge in [-0.15, -0.1) is 0 Å². The van der Waals surface area contributed by atoms with Crippen molar-refractivity contribution in [3.63, 3.8) is 0 Å². The fourth-order valence-corrected chi connectivity index (χ4v) is 2.40. The lowest BCUT2D eigenvalue weighted by molar-refractivity contribution is 0.215. The van der Waals surface area contributed by atoms with Crippen molar-refractivity contribution < 1.29 is 9.50 Å². The van der Waals surface area contributed by atoms with Gasteiger partial charge in [0.25, 0.3) is 0 Å². The van der Waals surface area contributed by atoms with Crippen LogP contribution in [0.3, 0.4) is 0 Å². The molecule has 1 unspecified atom stereocenters. The molecule has 0 fully saturated rings. The van der Waals surface area contributed by atoms with Gasteiger partial charge in [0.1, 0.15) is 11.9 Å². The number of hydrogen-bond donors (Lipinski definition) is 1. The van der Waals surface area contributed by atoms with Crippen molar-refractivity contribution in [3.8, 4) is 0 Å². The third kappa shape index (κ3) is 3.38. The molecule has 2 rings (SSSR count). The second-order valence-corrected chi connectivity index (χ2v) is 5.79. The normalized spacial score (nSPS) is 12.7. The number of aliphatic hydroxyl groups is 1. The summed E-state index contributed by atoms with van der Waals surface area (Å²) >= 11 is 5.74. The van der Waals surface area contributed by atoms with E-state index in [-0.39, 0.29) is 10.6 Å². The topological polar surface area (TPSA) is 20.2 Å². The number of aliphatic hydroxyl groups excluding tert-OH is 1. The van der Waals surface area contributed by atoms with Crippen LogP contribution in [0.25, 0.3) is 0 Å². The molecular formula is C17H18ClFO. The number of benzene rings is 2. The number of rotatable bonds is 4. The maximum atomic E-state index is 13.9. The summed E-state index contributed by atoms with van der Waals surface area (Å²) in [7, 11) is 0. The largest absolute Gasteiger partial charge is 0.384 e. The first-order chi connectivity index (χ1) is 9.49. The van der Waals surface area contributed by atoms with Crippen LogP contribution in [0.2, 0.25) is 5.02 Å². The molecule has 2 aromatic carbocycles. The highest BCUT2D eigenvalue weighted by Gasteiger charge is 2.16. The van der Waals surface area contributed by atoms with Gasteiger partial charge in [0.05, 0.1) is 5.02 Å². The van der Waals surface area contributed by atoms with Gasteiger partial charge in [0.15, 0.2) is 0 Å². The molecular weight excluding hydrogens is 275 g/mol. The first-order valence-corrected chi connectivity index (χ1v) is 7.07. The summed E-state index contributed by atoms with van der Waals surface area (Å²) < 4.78 is 13.9. The lowest BCUT2D eigenvalue weighted by atomic mass is 9.97. The molecule has 0 aromatic heterocycles. The van der Waals surface area contributed by atoms with Gasteiger partial charge in [-0.25, -0.2) is 4.39 Å². The SMILES string of the molecule is CC(C)Cc1ccc(C(O)c2cccc(Cl)c2F)cc1. The van der Waals surface area contributed by atoms with Crippen LogP contribution < -0.4 is 0 Å². The van der Waals surface area contributed by atoms with Crippen LogP contribution in [0.5, 0.6) is 0 Å². The van der Waals surface area contributed by atoms with E-state index in [9.17, 15) is 9.50 Å². The molecule has 0 saturated carbocycles. The summed E-state index contributed by atoms with van der Waals surface area (Å²) in [6.07, 6.45) is -0.0103. The second-order valence-electron chi connectivity index (χ2n) is 5.39. The number of hydrogen-bond acceptors (Lipinski definition) is 1. The molecule has 1 nitrogen and oxygen atoms in total. The predicted molar refractivity (Wildman–Crippen MR) is 80.5 cm³/mol. The average Bonchev–Trinajstić information content (AvgIpc) is 2.41. The van der Waals surface area contributed by atoms with Crippen LogP contribution in [-0.2, 0) is 6.42 Å². The Morgan fingerprint density at radius 2 is 1.75 bits per heavy atom. The average molecular weight is 293 g/mol. The van der Waals surface area contributed by atoms with Gasteiger partial charge < -0.3 is 5.11 Å². The van der Waals surface area contributed by atoms with Crippen LogP contribution in [0.15, 0.2) is 42.5 Å². The fraction of sp³-hybridized carbons (Fsp3) is 0.294. The standard InChI is InChI=1S/C17H18ClFO/c1-11(2)10-12-6-8-13(9-7-12)17(20)14-4-3-5-15(18)16(14)19/h3-9,11,17,20H,10H2,1-2H3. The molecule has 106 valence electrons. The lowest BCUT2D eigenvalue weighted by Crippen LogP contribution is -2.03. The van der Waals surface area contributed by atoms with E-state index in [1.807, 2.05) is 24.3 Å². The molecule has 0 aliphatic carbocycles. The maximum Gasteiger partial charge on any atom is 0.147 e. The summed E-state index contributed by atoms with van der Waals surface area (Å²) in [4.78, 5) is 0. The van der Waals surface area contributed by atoms with Gasteiger partial charge in [-0.05, 0) is 29.5 Å². The van der Waals surface area contributed by atoms with Gasteiger partial charge >= 0.3 is 0 Å². The van der Waals surface area contributed by atoms with Gasteiger partial charge in [0, 0.05) is 5.56 Å². The van der Waals surface area contributed by atoms with E-state index < -0.39 is 11.9 Å². The Labute approximate surface area is 124 Å². The molecule has 2 aromatic rings. The molecule has 20 heavy (non-hydrogen) atoms. The monoisotopic (exact) mass is 292 g/mol. The van der Waals surface area contributed by atoms with Crippen LogP contribution in [0, 0.1) is 11.7 Å². The van der Waals surface area contributed by atoms with Crippen molar-refractivity contribution in [1.29, 1.82) is 0 Å². The first kappa shape index (κ1) is 15.0. The van der Waals surface area contributed by atoms with Gasteiger partial charge in [-0.3, -0.25) is 0 Å². The fourth-order valence-electron chi connectivity index (χ4n) is 2.22. The molecule has 0 aliphatic rings. The molecule has 0 bridgehead atoms. The molecule has 0 amide bonds. The molecule has 0 radical (unpaired) electrons. The van der Waals surface area contributed by atoms with Crippen LogP contribution in [-0.4, -0.2) is 5.11 Å². The summed E-state index contributed by atoms with van der Waals surface area (Å²) in [5, 5.41) is 10.3. The van der Waals surface area contributed by atoms with E-state index >= 15 is 0 Å². The lowest BCUT2D eigenvalue weighted by Gasteiger charge is -2.14. The zero-order chi connectivity index (χ0) is 14.7. The molecule has 1 atom stereocenters. The Hall–Kier alpha value is -1.38. The van der Waals surface area contributed by atoms with Crippen molar-refractivity contribution in [2.24, 2.45) is 5.92 Å². The quantitative estimate of drug-likeness (QED) is 0.861. The summed E-state index contributed by atoms with van der Waals surface area (Å²) in [6.45, 7) is 4.31. The van der Waals surface area contributed by atoms with E-state index in [4.69, 9.17) is 11.6 Å². The van der Waals surface area contributed by atoms with E-state index in [2.05, 4.69) is 13.8 Å². The van der Waals surface area contributed by atoms with Crippen molar-refractivity contribution >= 4 is 11.6 Å². The van der Waals surface area contributed by atoms with Gasteiger partial charge in [-0.2, -0.15) is 0 Å². The number of halogens is 2. The Balaban J connectivity index is 2.25. The third-order valence-corrected chi connectivity index (χ3v) is 3.51. The minimum Gasteiger partial charge on any atom is -0.384 e. The third-order valence-electron chi connectivity index (χ3n) is 3.22. The Kier molecular flexibility index (Phi) is 4.79. The summed E-state index contributed by atoms with van der Waals surface area (Å²) in [5.41, 5.74) is 2.08. The molecule has 0 aliphatic heterocycles. The molecule has 1 N–H and O–H groups in total. The van der Waals surface area contributed by atoms with Crippen molar-refractivity contribution in [2.45, 2.75) is 26.4 Å². The van der Waals surface area contributed by atoms with Crippen molar-refractivity contribution in [1.82, 2.24) is 0 Å². The van der Waals surface area contributed by atoms with E-state index in [0.717, 1.165) is 6.42 Å². The minimum absolute atomic E-state index is 0.0259. The van der Waals surface area contributed by atoms with E-state index in [0.29, 0.717) is 11.5 Å². The zero-order valence-corrected chi connectivity index (χ0v) is 12.4. The highest BCUT2D eigenvalue weighted by atomic mass is 35.5. The smallest absolute Gasteiger partial charge is 0.147 e. The second kappa shape index (κ2) is 6.38.